The first-order valence-electron chi connectivity index (χ1n) is 6.80. The molecule has 0 aromatic heterocycles. The third kappa shape index (κ3) is 1.10. The Labute approximate surface area is 97.5 Å². The molecule has 2 saturated heterocycles. The number of hydrogen-bond donors (Lipinski definition) is 0. The Hall–Kier alpha value is -0.820. The Bertz CT molecular complexity index is 373. The molecule has 0 radical (unpaired) electrons. The lowest BCUT2D eigenvalue weighted by Gasteiger charge is -2.54. The van der Waals surface area contributed by atoms with Gasteiger partial charge in [0.1, 0.15) is 0 Å². The largest absolute Gasteiger partial charge is 0.293 e. The second kappa shape index (κ2) is 3.33. The van der Waals surface area contributed by atoms with Crippen molar-refractivity contribution in [3.05, 3.63) is 35.4 Å². The van der Waals surface area contributed by atoms with Crippen molar-refractivity contribution in [3.63, 3.8) is 0 Å². The summed E-state index contributed by atoms with van der Waals surface area (Å²) >= 11 is 0. The van der Waals surface area contributed by atoms with Gasteiger partial charge in [0.15, 0.2) is 0 Å². The molecule has 84 valence electrons. The van der Waals surface area contributed by atoms with Crippen molar-refractivity contribution in [1.82, 2.24) is 4.90 Å². The summed E-state index contributed by atoms with van der Waals surface area (Å²) in [6.45, 7) is 1.35. The minimum Gasteiger partial charge on any atom is -0.293 e. The summed E-state index contributed by atoms with van der Waals surface area (Å²) < 4.78 is 0. The van der Waals surface area contributed by atoms with Crippen molar-refractivity contribution in [3.8, 4) is 0 Å². The summed E-state index contributed by atoms with van der Waals surface area (Å²) in [6, 6.07) is 10.8. The van der Waals surface area contributed by atoms with Crippen LogP contribution in [-0.4, -0.2) is 17.5 Å². The standard InChI is InChI=1S/C15H19N/c1-2-6-12-11(5-1)13-8-9-15(12)16-10-4-3-7-14(13)16/h1-2,5-6,13-15H,3-4,7-10H2/t13-,14-,15+/m0/s1. The van der Waals surface area contributed by atoms with E-state index in [0.717, 1.165) is 18.0 Å². The molecule has 3 heterocycles. The van der Waals surface area contributed by atoms with Crippen LogP contribution in [0, 0.1) is 0 Å². The molecule has 3 atom stereocenters. The molecule has 1 nitrogen and oxygen atoms in total. The number of hydrogen-bond acceptors (Lipinski definition) is 1. The lowest BCUT2D eigenvalue weighted by Crippen LogP contribution is -2.52. The number of rotatable bonds is 0. The molecule has 1 aromatic carbocycles. The fourth-order valence-electron chi connectivity index (χ4n) is 4.34. The van der Waals surface area contributed by atoms with E-state index in [9.17, 15) is 0 Å². The van der Waals surface area contributed by atoms with Gasteiger partial charge in [-0.05, 0) is 49.3 Å². The first-order valence-corrected chi connectivity index (χ1v) is 6.80. The molecule has 0 N–H and O–H groups in total. The van der Waals surface area contributed by atoms with Gasteiger partial charge in [-0.15, -0.1) is 0 Å². The van der Waals surface area contributed by atoms with Gasteiger partial charge in [-0.2, -0.15) is 0 Å². The zero-order valence-electron chi connectivity index (χ0n) is 9.73. The third-order valence-corrected chi connectivity index (χ3v) is 4.96. The fourth-order valence-corrected chi connectivity index (χ4v) is 4.34. The van der Waals surface area contributed by atoms with E-state index in [1.807, 2.05) is 0 Å². The second-order valence-corrected chi connectivity index (χ2v) is 5.63. The molecular weight excluding hydrogens is 194 g/mol. The van der Waals surface area contributed by atoms with E-state index in [1.54, 1.807) is 11.1 Å². The van der Waals surface area contributed by atoms with Crippen LogP contribution < -0.4 is 0 Å². The molecular formula is C15H19N. The van der Waals surface area contributed by atoms with Crippen LogP contribution in [0.5, 0.6) is 0 Å². The van der Waals surface area contributed by atoms with E-state index in [0.29, 0.717) is 0 Å². The summed E-state index contributed by atoms with van der Waals surface area (Å²) in [4.78, 5) is 2.82. The highest BCUT2D eigenvalue weighted by Gasteiger charge is 2.45. The molecule has 5 rings (SSSR count). The Morgan fingerprint density at radius 3 is 2.75 bits per heavy atom. The molecule has 3 aliphatic heterocycles. The molecule has 2 bridgehead atoms. The van der Waals surface area contributed by atoms with Crippen LogP contribution in [-0.2, 0) is 0 Å². The van der Waals surface area contributed by atoms with Crippen LogP contribution in [0.1, 0.15) is 55.2 Å². The average Bonchev–Trinajstić information content (AvgIpc) is 2.40. The fraction of sp³-hybridized carbons (Fsp3) is 0.600. The van der Waals surface area contributed by atoms with Crippen molar-refractivity contribution in [2.45, 2.75) is 50.1 Å². The van der Waals surface area contributed by atoms with Gasteiger partial charge in [-0.3, -0.25) is 4.90 Å². The topological polar surface area (TPSA) is 3.24 Å². The van der Waals surface area contributed by atoms with Gasteiger partial charge in [0.05, 0.1) is 0 Å². The van der Waals surface area contributed by atoms with E-state index in [1.165, 1.54) is 38.6 Å². The van der Waals surface area contributed by atoms with Crippen molar-refractivity contribution in [2.24, 2.45) is 0 Å². The van der Waals surface area contributed by atoms with E-state index >= 15 is 0 Å². The van der Waals surface area contributed by atoms with Gasteiger partial charge in [-0.25, -0.2) is 0 Å². The Kier molecular flexibility index (Phi) is 1.92. The van der Waals surface area contributed by atoms with Gasteiger partial charge < -0.3 is 0 Å². The first-order chi connectivity index (χ1) is 7.95. The maximum atomic E-state index is 2.82. The molecule has 0 unspecified atom stereocenters. The van der Waals surface area contributed by atoms with Gasteiger partial charge in [0.25, 0.3) is 0 Å². The van der Waals surface area contributed by atoms with Gasteiger partial charge >= 0.3 is 0 Å². The monoisotopic (exact) mass is 213 g/mol. The lowest BCUT2D eigenvalue weighted by molar-refractivity contribution is 0.0195. The Morgan fingerprint density at radius 1 is 0.938 bits per heavy atom. The molecule has 4 aliphatic rings. The summed E-state index contributed by atoms with van der Waals surface area (Å²) in [6.07, 6.45) is 7.14. The highest BCUT2D eigenvalue weighted by molar-refractivity contribution is 5.39. The maximum Gasteiger partial charge on any atom is 0.0354 e. The molecule has 1 aromatic rings. The normalized spacial score (nSPS) is 36.9. The van der Waals surface area contributed by atoms with Crippen molar-refractivity contribution < 1.29 is 0 Å². The minimum atomic E-state index is 0.756. The van der Waals surface area contributed by atoms with Gasteiger partial charge in [0.2, 0.25) is 0 Å². The van der Waals surface area contributed by atoms with E-state index in [4.69, 9.17) is 0 Å². The molecule has 1 heteroatoms. The maximum absolute atomic E-state index is 2.82. The highest BCUT2D eigenvalue weighted by atomic mass is 15.2. The Balaban J connectivity index is 1.85. The molecule has 0 saturated carbocycles. The first kappa shape index (κ1) is 9.23. The van der Waals surface area contributed by atoms with Crippen molar-refractivity contribution >= 4 is 0 Å². The van der Waals surface area contributed by atoms with E-state index < -0.39 is 0 Å². The number of fused-ring (bicyclic) bond motifs is 1. The van der Waals surface area contributed by atoms with Crippen LogP contribution in [0.2, 0.25) is 0 Å². The van der Waals surface area contributed by atoms with Crippen LogP contribution in [0.4, 0.5) is 0 Å². The van der Waals surface area contributed by atoms with Crippen LogP contribution >= 0.6 is 0 Å². The third-order valence-electron chi connectivity index (χ3n) is 4.96. The van der Waals surface area contributed by atoms with E-state index in [2.05, 4.69) is 29.2 Å². The number of nitrogens with zero attached hydrogens (tertiary/aromatic N) is 1. The second-order valence-electron chi connectivity index (χ2n) is 5.63. The molecule has 1 aliphatic carbocycles. The van der Waals surface area contributed by atoms with E-state index in [-0.39, 0.29) is 0 Å². The van der Waals surface area contributed by atoms with Crippen LogP contribution in [0.25, 0.3) is 0 Å². The molecule has 16 heavy (non-hydrogen) atoms. The summed E-state index contributed by atoms with van der Waals surface area (Å²) in [5, 5.41) is 0. The molecule has 0 spiro atoms. The summed E-state index contributed by atoms with van der Waals surface area (Å²) in [5.74, 6) is 0.849. The Morgan fingerprint density at radius 2 is 1.81 bits per heavy atom. The quantitative estimate of drug-likeness (QED) is 0.638. The zero-order valence-corrected chi connectivity index (χ0v) is 9.73. The SMILES string of the molecule is c1ccc2c(c1)[C@H]1CC[C@@H]2[C@@H]2CCCCN12. The predicted octanol–water partition coefficient (Wildman–Crippen LogP) is 3.47. The minimum absolute atomic E-state index is 0.756. The summed E-state index contributed by atoms with van der Waals surface area (Å²) in [5.41, 5.74) is 3.33. The molecule has 2 fully saturated rings. The highest BCUT2D eigenvalue weighted by Crippen LogP contribution is 2.52. The lowest BCUT2D eigenvalue weighted by atomic mass is 9.68. The van der Waals surface area contributed by atoms with Crippen LogP contribution in [0.15, 0.2) is 24.3 Å². The summed E-state index contributed by atoms with van der Waals surface area (Å²) in [7, 11) is 0. The van der Waals surface area contributed by atoms with Crippen LogP contribution in [0.3, 0.4) is 0 Å². The predicted molar refractivity (Wildman–Crippen MR) is 65.5 cm³/mol. The van der Waals surface area contributed by atoms with Gasteiger partial charge in [0, 0.05) is 12.1 Å². The average molecular weight is 213 g/mol. The van der Waals surface area contributed by atoms with Gasteiger partial charge in [-0.1, -0.05) is 30.7 Å². The zero-order chi connectivity index (χ0) is 10.5. The number of benzene rings is 1. The molecule has 0 amide bonds. The smallest absolute Gasteiger partial charge is 0.0354 e. The van der Waals surface area contributed by atoms with Crippen molar-refractivity contribution in [2.75, 3.05) is 6.54 Å². The number of piperidine rings is 2. The van der Waals surface area contributed by atoms with Crippen molar-refractivity contribution in [1.29, 1.82) is 0 Å².